The molecule has 0 radical (unpaired) electrons. The van der Waals surface area contributed by atoms with Crippen molar-refractivity contribution in [1.82, 2.24) is 0 Å². The van der Waals surface area contributed by atoms with E-state index in [1.807, 2.05) is 42.5 Å². The second kappa shape index (κ2) is 6.86. The van der Waals surface area contributed by atoms with Crippen LogP contribution in [0.25, 0.3) is 5.76 Å². The van der Waals surface area contributed by atoms with Gasteiger partial charge in [0.2, 0.25) is 5.78 Å². The van der Waals surface area contributed by atoms with Crippen LogP contribution in [0.2, 0.25) is 0 Å². The van der Waals surface area contributed by atoms with Crippen molar-refractivity contribution >= 4 is 11.5 Å². The van der Waals surface area contributed by atoms with E-state index >= 15 is 0 Å². The standard InChI is InChI=1S/C23H24O4/c1-15-19(16-8-5-4-6-9-16)13-22(24)23(26-3)20(15)14-21(27-23)17-10-7-11-18(12-17)25-2/h4-12,14-15,19-20H,13H2,1-3H3/t15-,19+,20-,23-/m0/s1. The average molecular weight is 364 g/mol. The number of hydrogen-bond acceptors (Lipinski definition) is 4. The molecule has 1 aliphatic heterocycles. The van der Waals surface area contributed by atoms with Crippen molar-refractivity contribution in [3.63, 3.8) is 0 Å². The maximum atomic E-state index is 13.1. The molecule has 27 heavy (non-hydrogen) atoms. The first-order valence-corrected chi connectivity index (χ1v) is 9.27. The predicted molar refractivity (Wildman–Crippen MR) is 103 cm³/mol. The van der Waals surface area contributed by atoms with Gasteiger partial charge in [-0.2, -0.15) is 0 Å². The highest BCUT2D eigenvalue weighted by Gasteiger charge is 2.59. The van der Waals surface area contributed by atoms with Crippen molar-refractivity contribution in [2.45, 2.75) is 25.0 Å². The molecule has 1 fully saturated rings. The van der Waals surface area contributed by atoms with Crippen molar-refractivity contribution < 1.29 is 19.0 Å². The van der Waals surface area contributed by atoms with Crippen molar-refractivity contribution in [1.29, 1.82) is 0 Å². The van der Waals surface area contributed by atoms with Gasteiger partial charge in [0.1, 0.15) is 11.5 Å². The van der Waals surface area contributed by atoms with Crippen LogP contribution < -0.4 is 4.74 Å². The van der Waals surface area contributed by atoms with Gasteiger partial charge < -0.3 is 14.2 Å². The van der Waals surface area contributed by atoms with Crippen LogP contribution in [0.1, 0.15) is 30.4 Å². The molecule has 0 N–H and O–H groups in total. The number of carbonyl (C=O) groups excluding carboxylic acids is 1. The molecule has 140 valence electrons. The van der Waals surface area contributed by atoms with Crippen LogP contribution in [0, 0.1) is 11.8 Å². The van der Waals surface area contributed by atoms with Gasteiger partial charge in [-0.05, 0) is 35.6 Å². The smallest absolute Gasteiger partial charge is 0.276 e. The SMILES string of the molecule is COc1cccc(C2=C[C@H]3[C@@H](C)[C@H](c4ccccc4)CC(=O)[C@@]3(OC)O2)c1. The van der Waals surface area contributed by atoms with E-state index in [0.29, 0.717) is 12.2 Å². The second-order valence-electron chi connectivity index (χ2n) is 7.27. The number of Topliss-reactive ketones (excluding diaryl/α,β-unsaturated/α-hetero) is 1. The number of methoxy groups -OCH3 is 2. The summed E-state index contributed by atoms with van der Waals surface area (Å²) in [5.41, 5.74) is 2.07. The molecule has 4 nitrogen and oxygen atoms in total. The van der Waals surface area contributed by atoms with Crippen molar-refractivity contribution in [2.75, 3.05) is 14.2 Å². The molecule has 1 aliphatic carbocycles. The highest BCUT2D eigenvalue weighted by molar-refractivity contribution is 5.91. The second-order valence-corrected chi connectivity index (χ2v) is 7.27. The Morgan fingerprint density at radius 2 is 1.85 bits per heavy atom. The average Bonchev–Trinajstić information content (AvgIpc) is 3.13. The Labute approximate surface area is 159 Å². The zero-order chi connectivity index (χ0) is 19.0. The maximum Gasteiger partial charge on any atom is 0.276 e. The molecule has 2 aliphatic rings. The van der Waals surface area contributed by atoms with Gasteiger partial charge in [0, 0.05) is 19.1 Å². The normalized spacial score (nSPS) is 29.7. The Morgan fingerprint density at radius 1 is 1.07 bits per heavy atom. The molecule has 0 unspecified atom stereocenters. The summed E-state index contributed by atoms with van der Waals surface area (Å²) in [5, 5.41) is 0. The predicted octanol–water partition coefficient (Wildman–Crippen LogP) is 4.42. The summed E-state index contributed by atoms with van der Waals surface area (Å²) in [7, 11) is 3.19. The molecular formula is C23H24O4. The van der Waals surface area contributed by atoms with Crippen LogP contribution in [0.15, 0.2) is 60.7 Å². The fourth-order valence-electron chi connectivity index (χ4n) is 4.40. The first-order chi connectivity index (χ1) is 13.1. The van der Waals surface area contributed by atoms with Crippen LogP contribution in [0.3, 0.4) is 0 Å². The Morgan fingerprint density at radius 3 is 2.56 bits per heavy atom. The van der Waals surface area contributed by atoms with Crippen LogP contribution >= 0.6 is 0 Å². The quantitative estimate of drug-likeness (QED) is 0.806. The van der Waals surface area contributed by atoms with Crippen LogP contribution in [-0.4, -0.2) is 25.8 Å². The van der Waals surface area contributed by atoms with Crippen molar-refractivity contribution in [3.05, 3.63) is 71.8 Å². The minimum absolute atomic E-state index is 0.00361. The Bertz CT molecular complexity index is 873. The third kappa shape index (κ3) is 2.85. The van der Waals surface area contributed by atoms with E-state index in [1.54, 1.807) is 14.2 Å². The molecule has 0 aromatic heterocycles. The molecule has 2 aromatic carbocycles. The van der Waals surface area contributed by atoms with E-state index in [2.05, 4.69) is 25.1 Å². The van der Waals surface area contributed by atoms with E-state index in [-0.39, 0.29) is 23.5 Å². The Balaban J connectivity index is 1.73. The van der Waals surface area contributed by atoms with Gasteiger partial charge >= 0.3 is 0 Å². The number of ketones is 1. The third-order valence-electron chi connectivity index (χ3n) is 5.91. The van der Waals surface area contributed by atoms with Crippen LogP contribution in [-0.2, 0) is 14.3 Å². The minimum atomic E-state index is -1.23. The summed E-state index contributed by atoms with van der Waals surface area (Å²) in [4.78, 5) is 13.1. The first-order valence-electron chi connectivity index (χ1n) is 9.27. The third-order valence-corrected chi connectivity index (χ3v) is 5.91. The fraction of sp³-hybridized carbons (Fsp3) is 0.348. The lowest BCUT2D eigenvalue weighted by molar-refractivity contribution is -0.213. The van der Waals surface area contributed by atoms with E-state index < -0.39 is 5.79 Å². The summed E-state index contributed by atoms with van der Waals surface area (Å²) in [6, 6.07) is 17.9. The van der Waals surface area contributed by atoms with Gasteiger partial charge in [0.15, 0.2) is 0 Å². The molecule has 1 saturated carbocycles. The number of fused-ring (bicyclic) bond motifs is 1. The van der Waals surface area contributed by atoms with Gasteiger partial charge in [0.25, 0.3) is 5.79 Å². The topological polar surface area (TPSA) is 44.8 Å². The summed E-state index contributed by atoms with van der Waals surface area (Å²) >= 11 is 0. The van der Waals surface area contributed by atoms with Gasteiger partial charge in [-0.3, -0.25) is 4.79 Å². The van der Waals surface area contributed by atoms with Gasteiger partial charge in [-0.15, -0.1) is 0 Å². The molecule has 4 rings (SSSR count). The van der Waals surface area contributed by atoms with Crippen molar-refractivity contribution in [2.24, 2.45) is 11.8 Å². The number of hydrogen-bond donors (Lipinski definition) is 0. The fourth-order valence-corrected chi connectivity index (χ4v) is 4.40. The molecule has 0 saturated heterocycles. The van der Waals surface area contributed by atoms with E-state index in [1.165, 1.54) is 5.56 Å². The molecule has 0 spiro atoms. The number of carbonyl (C=O) groups is 1. The van der Waals surface area contributed by atoms with Crippen LogP contribution in [0.5, 0.6) is 5.75 Å². The first kappa shape index (κ1) is 17.8. The van der Waals surface area contributed by atoms with Gasteiger partial charge in [-0.25, -0.2) is 0 Å². The molecule has 0 amide bonds. The monoisotopic (exact) mass is 364 g/mol. The molecule has 1 heterocycles. The summed E-state index contributed by atoms with van der Waals surface area (Å²) in [5.74, 6) is 0.397. The number of benzene rings is 2. The Hall–Kier alpha value is -2.59. The summed E-state index contributed by atoms with van der Waals surface area (Å²) < 4.78 is 17.2. The summed E-state index contributed by atoms with van der Waals surface area (Å²) in [6.45, 7) is 2.18. The maximum absolute atomic E-state index is 13.1. The largest absolute Gasteiger partial charge is 0.497 e. The van der Waals surface area contributed by atoms with Gasteiger partial charge in [-0.1, -0.05) is 49.4 Å². The highest BCUT2D eigenvalue weighted by Crippen LogP contribution is 2.52. The highest BCUT2D eigenvalue weighted by atomic mass is 16.7. The summed E-state index contributed by atoms with van der Waals surface area (Å²) in [6.07, 6.45) is 2.46. The number of ether oxygens (including phenoxy) is 3. The zero-order valence-electron chi connectivity index (χ0n) is 15.8. The molecule has 2 aromatic rings. The van der Waals surface area contributed by atoms with Crippen LogP contribution in [0.4, 0.5) is 0 Å². The lowest BCUT2D eigenvalue weighted by Crippen LogP contribution is -2.53. The molecule has 4 atom stereocenters. The Kier molecular flexibility index (Phi) is 4.52. The minimum Gasteiger partial charge on any atom is -0.497 e. The lowest BCUT2D eigenvalue weighted by atomic mass is 9.67. The molecule has 0 bridgehead atoms. The zero-order valence-corrected chi connectivity index (χ0v) is 15.8. The van der Waals surface area contributed by atoms with E-state index in [9.17, 15) is 4.79 Å². The molecular weight excluding hydrogens is 340 g/mol. The number of rotatable bonds is 4. The van der Waals surface area contributed by atoms with Gasteiger partial charge in [0.05, 0.1) is 13.0 Å². The molecule has 4 heteroatoms. The van der Waals surface area contributed by atoms with Crippen molar-refractivity contribution in [3.8, 4) is 5.75 Å². The van der Waals surface area contributed by atoms with E-state index in [4.69, 9.17) is 14.2 Å². The lowest BCUT2D eigenvalue weighted by Gasteiger charge is -2.43. The van der Waals surface area contributed by atoms with E-state index in [0.717, 1.165) is 11.3 Å².